The Hall–Kier alpha value is -3.01. The van der Waals surface area contributed by atoms with Crippen LogP contribution in [0.2, 0.25) is 0 Å². The second kappa shape index (κ2) is 8.58. The molecule has 1 aliphatic rings. The van der Waals surface area contributed by atoms with Crippen LogP contribution < -0.4 is 15.5 Å². The summed E-state index contributed by atoms with van der Waals surface area (Å²) in [6.45, 7) is 5.71. The second-order valence-corrected chi connectivity index (χ2v) is 6.16. The highest BCUT2D eigenvalue weighted by Crippen LogP contribution is 2.16. The van der Waals surface area contributed by atoms with E-state index in [1.807, 2.05) is 6.92 Å². The van der Waals surface area contributed by atoms with Gasteiger partial charge in [-0.25, -0.2) is 14.6 Å². The number of amides is 2. The fourth-order valence-electron chi connectivity index (χ4n) is 2.99. The molecule has 0 aliphatic carbocycles. The molecule has 3 rings (SSSR count). The van der Waals surface area contributed by atoms with Crippen molar-refractivity contribution in [1.29, 1.82) is 0 Å². The summed E-state index contributed by atoms with van der Waals surface area (Å²) in [6, 6.07) is 1.79. The summed E-state index contributed by atoms with van der Waals surface area (Å²) in [5.74, 6) is 0.697. The fraction of sp³-hybridized carbons (Fsp3) is 0.471. The first kappa shape index (κ1) is 18.8. The zero-order chi connectivity index (χ0) is 19.2. The first-order chi connectivity index (χ1) is 13.1. The molecule has 144 valence electrons. The lowest BCUT2D eigenvalue weighted by atomic mass is 10.3. The van der Waals surface area contributed by atoms with E-state index in [1.165, 1.54) is 6.20 Å². The Balaban J connectivity index is 1.56. The molecule has 0 atom stereocenters. The van der Waals surface area contributed by atoms with Crippen LogP contribution in [-0.4, -0.2) is 76.2 Å². The quantitative estimate of drug-likeness (QED) is 0.724. The van der Waals surface area contributed by atoms with Crippen molar-refractivity contribution in [3.05, 3.63) is 30.2 Å². The van der Waals surface area contributed by atoms with E-state index in [0.717, 1.165) is 26.2 Å². The van der Waals surface area contributed by atoms with E-state index >= 15 is 0 Å². The molecule has 2 amide bonds. The van der Waals surface area contributed by atoms with E-state index in [0.29, 0.717) is 23.9 Å². The SMILES string of the molecule is CCn1ncc(C(=O)NC)c1NC(=O)CN1CCN(c2ncccn2)CC1. The van der Waals surface area contributed by atoms with Crippen LogP contribution in [-0.2, 0) is 11.3 Å². The first-order valence-electron chi connectivity index (χ1n) is 8.94. The zero-order valence-electron chi connectivity index (χ0n) is 15.6. The minimum absolute atomic E-state index is 0.167. The number of carbonyl (C=O) groups excluding carboxylic acids is 2. The number of nitrogens with zero attached hydrogens (tertiary/aromatic N) is 6. The number of aromatic nitrogens is 4. The average molecular weight is 372 g/mol. The van der Waals surface area contributed by atoms with Gasteiger partial charge in [-0.15, -0.1) is 0 Å². The van der Waals surface area contributed by atoms with Crippen LogP contribution in [0.1, 0.15) is 17.3 Å². The summed E-state index contributed by atoms with van der Waals surface area (Å²) in [7, 11) is 1.55. The van der Waals surface area contributed by atoms with Gasteiger partial charge < -0.3 is 15.5 Å². The summed E-state index contributed by atoms with van der Waals surface area (Å²) >= 11 is 0. The molecule has 0 radical (unpaired) electrons. The van der Waals surface area contributed by atoms with Gasteiger partial charge in [0, 0.05) is 52.2 Å². The Morgan fingerprint density at radius 3 is 2.48 bits per heavy atom. The highest BCUT2D eigenvalue weighted by atomic mass is 16.2. The lowest BCUT2D eigenvalue weighted by Gasteiger charge is -2.34. The van der Waals surface area contributed by atoms with Crippen molar-refractivity contribution in [3.63, 3.8) is 0 Å². The van der Waals surface area contributed by atoms with Gasteiger partial charge in [-0.3, -0.25) is 14.5 Å². The number of piperazine rings is 1. The number of hydrogen-bond acceptors (Lipinski definition) is 7. The fourth-order valence-corrected chi connectivity index (χ4v) is 2.99. The van der Waals surface area contributed by atoms with Crippen molar-refractivity contribution in [2.75, 3.05) is 50.0 Å². The lowest BCUT2D eigenvalue weighted by Crippen LogP contribution is -2.49. The van der Waals surface area contributed by atoms with Gasteiger partial charge in [0.2, 0.25) is 11.9 Å². The van der Waals surface area contributed by atoms with Gasteiger partial charge >= 0.3 is 0 Å². The smallest absolute Gasteiger partial charge is 0.256 e. The van der Waals surface area contributed by atoms with Crippen LogP contribution in [0.5, 0.6) is 0 Å². The molecule has 2 aromatic heterocycles. The van der Waals surface area contributed by atoms with Crippen LogP contribution in [0.4, 0.5) is 11.8 Å². The topological polar surface area (TPSA) is 108 Å². The third-order valence-electron chi connectivity index (χ3n) is 4.44. The first-order valence-corrected chi connectivity index (χ1v) is 8.94. The van der Waals surface area contributed by atoms with Gasteiger partial charge in [0.1, 0.15) is 11.4 Å². The molecule has 10 nitrogen and oxygen atoms in total. The maximum absolute atomic E-state index is 12.5. The van der Waals surface area contributed by atoms with Crippen molar-refractivity contribution in [3.8, 4) is 0 Å². The normalized spacial score (nSPS) is 14.8. The lowest BCUT2D eigenvalue weighted by molar-refractivity contribution is -0.117. The zero-order valence-corrected chi connectivity index (χ0v) is 15.6. The van der Waals surface area contributed by atoms with Crippen molar-refractivity contribution in [1.82, 2.24) is 30.0 Å². The van der Waals surface area contributed by atoms with E-state index in [2.05, 4.69) is 35.5 Å². The van der Waals surface area contributed by atoms with E-state index in [4.69, 9.17) is 0 Å². The predicted octanol–water partition coefficient (Wildman–Crippen LogP) is -0.187. The molecule has 0 spiro atoms. The number of carbonyl (C=O) groups is 2. The number of anilines is 2. The van der Waals surface area contributed by atoms with Gasteiger partial charge in [-0.05, 0) is 13.0 Å². The molecular formula is C17H24N8O2. The predicted molar refractivity (Wildman–Crippen MR) is 101 cm³/mol. The molecule has 1 fully saturated rings. The van der Waals surface area contributed by atoms with Crippen molar-refractivity contribution in [2.24, 2.45) is 0 Å². The second-order valence-electron chi connectivity index (χ2n) is 6.16. The largest absolute Gasteiger partial charge is 0.355 e. The number of rotatable bonds is 6. The highest BCUT2D eigenvalue weighted by Gasteiger charge is 2.22. The summed E-state index contributed by atoms with van der Waals surface area (Å²) in [4.78, 5) is 37.2. The Morgan fingerprint density at radius 2 is 1.85 bits per heavy atom. The van der Waals surface area contributed by atoms with Crippen LogP contribution in [0, 0.1) is 0 Å². The summed E-state index contributed by atoms with van der Waals surface area (Å²) < 4.78 is 1.60. The molecule has 10 heteroatoms. The van der Waals surface area contributed by atoms with E-state index in [9.17, 15) is 9.59 Å². The molecule has 0 unspecified atom stereocenters. The van der Waals surface area contributed by atoms with Crippen molar-refractivity contribution < 1.29 is 9.59 Å². The monoisotopic (exact) mass is 372 g/mol. The molecule has 2 N–H and O–H groups in total. The van der Waals surface area contributed by atoms with Crippen molar-refractivity contribution >= 4 is 23.6 Å². The number of nitrogens with one attached hydrogen (secondary N) is 2. The minimum Gasteiger partial charge on any atom is -0.355 e. The van der Waals surface area contributed by atoms with E-state index in [-0.39, 0.29) is 18.4 Å². The molecule has 27 heavy (non-hydrogen) atoms. The summed E-state index contributed by atoms with van der Waals surface area (Å²) in [5.41, 5.74) is 0.360. The Labute approximate surface area is 157 Å². The van der Waals surface area contributed by atoms with Crippen molar-refractivity contribution in [2.45, 2.75) is 13.5 Å². The maximum atomic E-state index is 12.5. The average Bonchev–Trinajstić information content (AvgIpc) is 3.11. The molecular weight excluding hydrogens is 348 g/mol. The molecule has 0 saturated carbocycles. The van der Waals surface area contributed by atoms with Crippen LogP contribution in [0.15, 0.2) is 24.7 Å². The van der Waals surface area contributed by atoms with Gasteiger partial charge in [-0.1, -0.05) is 0 Å². The highest BCUT2D eigenvalue weighted by molar-refractivity contribution is 6.03. The summed E-state index contributed by atoms with van der Waals surface area (Å²) in [6.07, 6.45) is 4.92. The molecule has 1 aliphatic heterocycles. The number of aryl methyl sites for hydroxylation is 1. The van der Waals surface area contributed by atoms with E-state index < -0.39 is 0 Å². The van der Waals surface area contributed by atoms with Crippen LogP contribution >= 0.6 is 0 Å². The minimum atomic E-state index is -0.276. The Morgan fingerprint density at radius 1 is 1.15 bits per heavy atom. The van der Waals surface area contributed by atoms with Gasteiger partial charge in [0.15, 0.2) is 0 Å². The molecule has 0 aromatic carbocycles. The van der Waals surface area contributed by atoms with E-state index in [1.54, 1.807) is 30.2 Å². The Kier molecular flexibility index (Phi) is 5.97. The molecule has 3 heterocycles. The van der Waals surface area contributed by atoms with Gasteiger partial charge in [0.25, 0.3) is 5.91 Å². The molecule has 0 bridgehead atoms. The van der Waals surface area contributed by atoms with Gasteiger partial charge in [0.05, 0.1) is 12.7 Å². The molecule has 1 saturated heterocycles. The maximum Gasteiger partial charge on any atom is 0.256 e. The molecule has 2 aromatic rings. The number of hydrogen-bond donors (Lipinski definition) is 2. The van der Waals surface area contributed by atoms with Crippen LogP contribution in [0.3, 0.4) is 0 Å². The van der Waals surface area contributed by atoms with Crippen LogP contribution in [0.25, 0.3) is 0 Å². The Bertz CT molecular complexity index is 783. The van der Waals surface area contributed by atoms with Gasteiger partial charge in [-0.2, -0.15) is 5.10 Å². The third-order valence-corrected chi connectivity index (χ3v) is 4.44. The third kappa shape index (κ3) is 4.40. The standard InChI is InChI=1S/C17H24N8O2/c1-3-25-15(13(11-21-25)16(27)18-2)22-14(26)12-23-7-9-24(10-8-23)17-19-5-4-6-20-17/h4-6,11H,3,7-10,12H2,1-2H3,(H,18,27)(H,22,26). The summed E-state index contributed by atoms with van der Waals surface area (Å²) in [5, 5.41) is 9.55.